The molecule has 6 heteroatoms. The summed E-state index contributed by atoms with van der Waals surface area (Å²) in [4.78, 5) is 10.2. The van der Waals surface area contributed by atoms with Crippen molar-refractivity contribution in [2.45, 2.75) is 19.3 Å². The molecule has 1 aromatic heterocycles. The van der Waals surface area contributed by atoms with Gasteiger partial charge in [-0.2, -0.15) is 4.98 Å². The molecule has 5 nitrogen and oxygen atoms in total. The summed E-state index contributed by atoms with van der Waals surface area (Å²) < 4.78 is 0. The fourth-order valence-corrected chi connectivity index (χ4v) is 2.42. The summed E-state index contributed by atoms with van der Waals surface area (Å²) in [7, 11) is 0. The van der Waals surface area contributed by atoms with Gasteiger partial charge in [-0.1, -0.05) is 0 Å². The van der Waals surface area contributed by atoms with Gasteiger partial charge in [0.2, 0.25) is 5.28 Å². The fraction of sp³-hybridized carbons (Fsp3) is 0.636. The van der Waals surface area contributed by atoms with Crippen molar-refractivity contribution in [2.24, 2.45) is 5.92 Å². The predicted molar refractivity (Wildman–Crippen MR) is 68.1 cm³/mol. The monoisotopic (exact) mass is 256 g/mol. The van der Waals surface area contributed by atoms with Crippen LogP contribution in [0.3, 0.4) is 0 Å². The lowest BCUT2D eigenvalue weighted by Crippen LogP contribution is -2.36. The van der Waals surface area contributed by atoms with Gasteiger partial charge in [-0.3, -0.25) is 0 Å². The lowest BCUT2D eigenvalue weighted by Gasteiger charge is -2.33. The van der Waals surface area contributed by atoms with Crippen LogP contribution in [0.5, 0.6) is 0 Å². The van der Waals surface area contributed by atoms with E-state index in [1.807, 2.05) is 0 Å². The van der Waals surface area contributed by atoms with Crippen LogP contribution >= 0.6 is 11.6 Å². The Morgan fingerprint density at radius 3 is 3.18 bits per heavy atom. The van der Waals surface area contributed by atoms with Crippen LogP contribution in [-0.4, -0.2) is 34.8 Å². The zero-order chi connectivity index (χ0) is 12.3. The Kier molecular flexibility index (Phi) is 4.02. The minimum absolute atomic E-state index is 0.221. The highest BCUT2D eigenvalue weighted by atomic mass is 35.5. The summed E-state index contributed by atoms with van der Waals surface area (Å²) in [6, 6.07) is 0. The first kappa shape index (κ1) is 12.4. The second-order valence-corrected chi connectivity index (χ2v) is 4.72. The van der Waals surface area contributed by atoms with E-state index in [1.54, 1.807) is 6.20 Å². The van der Waals surface area contributed by atoms with Crippen molar-refractivity contribution in [1.29, 1.82) is 0 Å². The van der Waals surface area contributed by atoms with Gasteiger partial charge in [0.25, 0.3) is 0 Å². The van der Waals surface area contributed by atoms with E-state index in [2.05, 4.69) is 14.9 Å². The molecule has 2 rings (SSSR count). The maximum absolute atomic E-state index is 8.98. The number of halogens is 1. The van der Waals surface area contributed by atoms with Crippen LogP contribution in [0.1, 0.15) is 19.3 Å². The molecule has 17 heavy (non-hydrogen) atoms. The van der Waals surface area contributed by atoms with Gasteiger partial charge >= 0.3 is 0 Å². The zero-order valence-corrected chi connectivity index (χ0v) is 10.4. The van der Waals surface area contributed by atoms with Crippen molar-refractivity contribution in [3.8, 4) is 0 Å². The Balaban J connectivity index is 2.13. The van der Waals surface area contributed by atoms with Gasteiger partial charge in [0.05, 0.1) is 11.9 Å². The summed E-state index contributed by atoms with van der Waals surface area (Å²) >= 11 is 5.79. The molecule has 0 radical (unpaired) electrons. The van der Waals surface area contributed by atoms with Gasteiger partial charge < -0.3 is 15.7 Å². The number of anilines is 2. The van der Waals surface area contributed by atoms with Crippen LogP contribution < -0.4 is 10.6 Å². The summed E-state index contributed by atoms with van der Waals surface area (Å²) in [5, 5.41) is 9.20. The molecular weight excluding hydrogens is 240 g/mol. The third kappa shape index (κ3) is 2.98. The average molecular weight is 257 g/mol. The van der Waals surface area contributed by atoms with E-state index in [1.165, 1.54) is 0 Å². The number of aromatic nitrogens is 2. The van der Waals surface area contributed by atoms with Gasteiger partial charge in [-0.05, 0) is 36.8 Å². The molecule has 1 fully saturated rings. The quantitative estimate of drug-likeness (QED) is 0.798. The molecule has 0 spiro atoms. The molecule has 0 amide bonds. The molecule has 1 aromatic rings. The third-order valence-corrected chi connectivity index (χ3v) is 3.30. The van der Waals surface area contributed by atoms with E-state index in [9.17, 15) is 0 Å². The highest BCUT2D eigenvalue weighted by Crippen LogP contribution is 2.27. The van der Waals surface area contributed by atoms with Gasteiger partial charge in [0, 0.05) is 19.7 Å². The number of rotatable bonds is 3. The van der Waals surface area contributed by atoms with E-state index in [4.69, 9.17) is 22.4 Å². The number of nitrogens with zero attached hydrogens (tertiary/aromatic N) is 3. The molecule has 0 bridgehead atoms. The van der Waals surface area contributed by atoms with Crippen LogP contribution in [0, 0.1) is 5.92 Å². The zero-order valence-electron chi connectivity index (χ0n) is 9.64. The molecule has 0 aliphatic carbocycles. The molecular formula is C11H17ClN4O. The number of hydrogen-bond donors (Lipinski definition) is 2. The maximum Gasteiger partial charge on any atom is 0.224 e. The van der Waals surface area contributed by atoms with Crippen molar-refractivity contribution in [3.05, 3.63) is 11.5 Å². The molecule has 1 aliphatic heterocycles. The summed E-state index contributed by atoms with van der Waals surface area (Å²) in [5.41, 5.74) is 6.42. The molecule has 0 saturated carbocycles. The second kappa shape index (κ2) is 5.51. The number of aliphatic hydroxyl groups is 1. The molecule has 1 unspecified atom stereocenters. The first-order valence-electron chi connectivity index (χ1n) is 5.84. The highest BCUT2D eigenvalue weighted by Gasteiger charge is 2.22. The number of piperidine rings is 1. The SMILES string of the molecule is Nc1cnc(Cl)nc1N1CCCC(CCO)C1. The Hall–Kier alpha value is -1.07. The fourth-order valence-electron chi connectivity index (χ4n) is 2.29. The van der Waals surface area contributed by atoms with Crippen LogP contribution in [0.15, 0.2) is 6.20 Å². The number of nitrogens with two attached hydrogens (primary N) is 1. The van der Waals surface area contributed by atoms with Crippen LogP contribution in [0.25, 0.3) is 0 Å². The standard InChI is InChI=1S/C11H17ClN4O/c12-11-14-6-9(13)10(15-11)16-4-1-2-8(7-16)3-5-17/h6,8,17H,1-5,7,13H2. The van der Waals surface area contributed by atoms with Gasteiger partial charge in [-0.25, -0.2) is 4.98 Å². The van der Waals surface area contributed by atoms with E-state index in [0.29, 0.717) is 17.4 Å². The Labute approximate surface area is 106 Å². The van der Waals surface area contributed by atoms with Gasteiger partial charge in [0.15, 0.2) is 5.82 Å². The van der Waals surface area contributed by atoms with E-state index in [-0.39, 0.29) is 11.9 Å². The molecule has 1 atom stereocenters. The van der Waals surface area contributed by atoms with Crippen molar-refractivity contribution >= 4 is 23.1 Å². The molecule has 0 aromatic carbocycles. The normalized spacial score (nSPS) is 20.6. The third-order valence-electron chi connectivity index (χ3n) is 3.12. The first-order valence-corrected chi connectivity index (χ1v) is 6.22. The average Bonchev–Trinajstić information content (AvgIpc) is 2.33. The van der Waals surface area contributed by atoms with E-state index >= 15 is 0 Å². The summed E-state index contributed by atoms with van der Waals surface area (Å²) in [5.74, 6) is 1.22. The molecule has 1 saturated heterocycles. The van der Waals surface area contributed by atoms with Crippen LogP contribution in [-0.2, 0) is 0 Å². The maximum atomic E-state index is 8.98. The topological polar surface area (TPSA) is 75.3 Å². The van der Waals surface area contributed by atoms with Crippen LogP contribution in [0.4, 0.5) is 11.5 Å². The van der Waals surface area contributed by atoms with E-state index < -0.39 is 0 Å². The Bertz CT molecular complexity index is 386. The number of hydrogen-bond acceptors (Lipinski definition) is 5. The van der Waals surface area contributed by atoms with Gasteiger partial charge in [0.1, 0.15) is 0 Å². The number of aliphatic hydroxyl groups excluding tert-OH is 1. The van der Waals surface area contributed by atoms with E-state index in [0.717, 1.165) is 32.4 Å². The minimum Gasteiger partial charge on any atom is -0.396 e. The summed E-state index contributed by atoms with van der Waals surface area (Å²) in [6.07, 6.45) is 4.61. The Morgan fingerprint density at radius 2 is 2.41 bits per heavy atom. The van der Waals surface area contributed by atoms with Crippen molar-refractivity contribution < 1.29 is 5.11 Å². The number of nitrogen functional groups attached to an aromatic ring is 1. The Morgan fingerprint density at radius 1 is 1.59 bits per heavy atom. The van der Waals surface area contributed by atoms with Crippen molar-refractivity contribution in [1.82, 2.24) is 9.97 Å². The van der Waals surface area contributed by atoms with Crippen molar-refractivity contribution in [3.63, 3.8) is 0 Å². The first-order chi connectivity index (χ1) is 8.20. The highest BCUT2D eigenvalue weighted by molar-refractivity contribution is 6.28. The lowest BCUT2D eigenvalue weighted by atomic mass is 9.95. The second-order valence-electron chi connectivity index (χ2n) is 4.38. The molecule has 3 N–H and O–H groups in total. The minimum atomic E-state index is 0.221. The summed E-state index contributed by atoms with van der Waals surface area (Å²) in [6.45, 7) is 2.04. The largest absolute Gasteiger partial charge is 0.396 e. The van der Waals surface area contributed by atoms with Crippen molar-refractivity contribution in [2.75, 3.05) is 30.3 Å². The smallest absolute Gasteiger partial charge is 0.224 e. The molecule has 2 heterocycles. The lowest BCUT2D eigenvalue weighted by molar-refractivity contribution is 0.244. The predicted octanol–water partition coefficient (Wildman–Crippen LogP) is 1.31. The molecule has 1 aliphatic rings. The molecule has 94 valence electrons. The van der Waals surface area contributed by atoms with Crippen LogP contribution in [0.2, 0.25) is 5.28 Å². The van der Waals surface area contributed by atoms with Gasteiger partial charge in [-0.15, -0.1) is 0 Å².